The SMILES string of the molecule is CC1CCCCN1C(=O)c1ccc(NC(=O)c2coc(CN)c2)cc1.Cl. The normalized spacial score (nSPS) is 16.7. The van der Waals surface area contributed by atoms with Crippen LogP contribution >= 0.6 is 12.4 Å². The molecule has 1 aromatic heterocycles. The molecule has 1 saturated heterocycles. The van der Waals surface area contributed by atoms with Gasteiger partial charge in [0.05, 0.1) is 12.1 Å². The molecule has 1 atom stereocenters. The first-order valence-electron chi connectivity index (χ1n) is 8.58. The minimum Gasteiger partial charge on any atom is -0.467 e. The van der Waals surface area contributed by atoms with Crippen LogP contribution in [0, 0.1) is 0 Å². The molecule has 0 spiro atoms. The fourth-order valence-electron chi connectivity index (χ4n) is 3.07. The zero-order chi connectivity index (χ0) is 17.8. The van der Waals surface area contributed by atoms with Gasteiger partial charge in [0.1, 0.15) is 12.0 Å². The number of rotatable bonds is 4. The lowest BCUT2D eigenvalue weighted by Crippen LogP contribution is -2.42. The third kappa shape index (κ3) is 4.45. The number of nitrogens with two attached hydrogens (primary N) is 1. The van der Waals surface area contributed by atoms with E-state index in [-0.39, 0.29) is 36.8 Å². The van der Waals surface area contributed by atoms with E-state index >= 15 is 0 Å². The molecule has 26 heavy (non-hydrogen) atoms. The molecule has 1 unspecified atom stereocenters. The monoisotopic (exact) mass is 377 g/mol. The average molecular weight is 378 g/mol. The van der Waals surface area contributed by atoms with Crippen molar-refractivity contribution in [2.45, 2.75) is 38.8 Å². The number of benzene rings is 1. The van der Waals surface area contributed by atoms with E-state index in [9.17, 15) is 9.59 Å². The highest BCUT2D eigenvalue weighted by Crippen LogP contribution is 2.20. The molecule has 0 radical (unpaired) electrons. The number of nitrogens with one attached hydrogen (secondary N) is 1. The fourth-order valence-corrected chi connectivity index (χ4v) is 3.07. The van der Waals surface area contributed by atoms with Gasteiger partial charge in [0.15, 0.2) is 0 Å². The van der Waals surface area contributed by atoms with Gasteiger partial charge < -0.3 is 20.4 Å². The molecule has 0 aliphatic carbocycles. The zero-order valence-corrected chi connectivity index (χ0v) is 15.6. The number of amides is 2. The summed E-state index contributed by atoms with van der Waals surface area (Å²) in [5.74, 6) is 0.335. The maximum absolute atomic E-state index is 12.6. The van der Waals surface area contributed by atoms with Crippen molar-refractivity contribution in [1.29, 1.82) is 0 Å². The smallest absolute Gasteiger partial charge is 0.258 e. The van der Waals surface area contributed by atoms with Crippen LogP contribution in [0.4, 0.5) is 5.69 Å². The predicted molar refractivity (Wildman–Crippen MR) is 103 cm³/mol. The maximum atomic E-state index is 12.6. The van der Waals surface area contributed by atoms with Crippen LogP contribution in [0.15, 0.2) is 41.0 Å². The van der Waals surface area contributed by atoms with E-state index in [1.54, 1.807) is 30.3 Å². The molecule has 6 nitrogen and oxygen atoms in total. The van der Waals surface area contributed by atoms with E-state index in [4.69, 9.17) is 10.2 Å². The second-order valence-electron chi connectivity index (χ2n) is 6.38. The standard InChI is InChI=1S/C19H23N3O3.ClH/c1-13-4-2-3-9-22(13)19(24)14-5-7-16(8-6-14)21-18(23)15-10-17(11-20)25-12-15;/h5-8,10,12-13H,2-4,9,11,20H2,1H3,(H,21,23);1H. The first-order valence-corrected chi connectivity index (χ1v) is 8.58. The van der Waals surface area contributed by atoms with Gasteiger partial charge in [-0.05, 0) is 56.5 Å². The summed E-state index contributed by atoms with van der Waals surface area (Å²) in [5, 5.41) is 2.79. The molecule has 1 aliphatic rings. The largest absolute Gasteiger partial charge is 0.467 e. The number of hydrogen-bond donors (Lipinski definition) is 2. The van der Waals surface area contributed by atoms with Crippen LogP contribution in [-0.4, -0.2) is 29.3 Å². The highest BCUT2D eigenvalue weighted by Gasteiger charge is 2.24. The number of nitrogens with zero attached hydrogens (tertiary/aromatic N) is 1. The number of hydrogen-bond acceptors (Lipinski definition) is 4. The van der Waals surface area contributed by atoms with Gasteiger partial charge in [-0.2, -0.15) is 0 Å². The molecule has 0 saturated carbocycles. The molecule has 7 heteroatoms. The van der Waals surface area contributed by atoms with E-state index in [2.05, 4.69) is 12.2 Å². The summed E-state index contributed by atoms with van der Waals surface area (Å²) in [6.07, 6.45) is 4.66. The summed E-state index contributed by atoms with van der Waals surface area (Å²) in [6.45, 7) is 3.15. The van der Waals surface area contributed by atoms with Crippen molar-refractivity contribution < 1.29 is 14.0 Å². The third-order valence-corrected chi connectivity index (χ3v) is 4.57. The molecule has 2 aromatic rings. The van der Waals surface area contributed by atoms with Crippen LogP contribution in [0.25, 0.3) is 0 Å². The fraction of sp³-hybridized carbons (Fsp3) is 0.368. The number of likely N-dealkylation sites (tertiary alicyclic amines) is 1. The molecular formula is C19H24ClN3O3. The minimum atomic E-state index is -0.271. The summed E-state index contributed by atoms with van der Waals surface area (Å²) in [6, 6.07) is 8.87. The Morgan fingerprint density at radius 1 is 1.23 bits per heavy atom. The van der Waals surface area contributed by atoms with Crippen molar-refractivity contribution >= 4 is 29.9 Å². The number of carbonyl (C=O) groups excluding carboxylic acids is 2. The highest BCUT2D eigenvalue weighted by molar-refractivity contribution is 6.04. The Labute approximate surface area is 159 Å². The predicted octanol–water partition coefficient (Wildman–Crippen LogP) is 3.43. The third-order valence-electron chi connectivity index (χ3n) is 4.57. The first kappa shape index (κ1) is 20.0. The van der Waals surface area contributed by atoms with E-state index in [0.717, 1.165) is 19.4 Å². The van der Waals surface area contributed by atoms with Gasteiger partial charge >= 0.3 is 0 Å². The Morgan fingerprint density at radius 3 is 2.58 bits per heavy atom. The van der Waals surface area contributed by atoms with Crippen molar-refractivity contribution in [2.75, 3.05) is 11.9 Å². The number of piperidine rings is 1. The number of anilines is 1. The van der Waals surface area contributed by atoms with Crippen LogP contribution in [0.5, 0.6) is 0 Å². The van der Waals surface area contributed by atoms with Crippen LogP contribution < -0.4 is 11.1 Å². The summed E-state index contributed by atoms with van der Waals surface area (Å²) in [4.78, 5) is 26.7. The van der Waals surface area contributed by atoms with E-state index in [1.165, 1.54) is 12.7 Å². The van der Waals surface area contributed by atoms with E-state index < -0.39 is 0 Å². The summed E-state index contributed by atoms with van der Waals surface area (Å²) in [5.41, 5.74) is 7.16. The Kier molecular flexibility index (Phi) is 6.83. The Balaban J connectivity index is 0.00000243. The average Bonchev–Trinajstić information content (AvgIpc) is 3.11. The van der Waals surface area contributed by atoms with Gasteiger partial charge in [0, 0.05) is 23.8 Å². The summed E-state index contributed by atoms with van der Waals surface area (Å²) in [7, 11) is 0. The molecule has 2 amide bonds. The van der Waals surface area contributed by atoms with Crippen molar-refractivity contribution in [3.63, 3.8) is 0 Å². The molecule has 3 N–H and O–H groups in total. The van der Waals surface area contributed by atoms with Gasteiger partial charge in [-0.25, -0.2) is 0 Å². The first-order chi connectivity index (χ1) is 12.1. The summed E-state index contributed by atoms with van der Waals surface area (Å²) < 4.78 is 5.16. The van der Waals surface area contributed by atoms with Gasteiger partial charge in [-0.3, -0.25) is 9.59 Å². The number of furan rings is 1. The lowest BCUT2D eigenvalue weighted by atomic mass is 10.0. The van der Waals surface area contributed by atoms with Crippen LogP contribution in [-0.2, 0) is 6.54 Å². The van der Waals surface area contributed by atoms with Gasteiger partial charge in [0.2, 0.25) is 0 Å². The Bertz CT molecular complexity index is 758. The molecule has 1 fully saturated rings. The molecular weight excluding hydrogens is 354 g/mol. The second kappa shape index (κ2) is 8.87. The lowest BCUT2D eigenvalue weighted by Gasteiger charge is -2.33. The van der Waals surface area contributed by atoms with Crippen LogP contribution in [0.2, 0.25) is 0 Å². The topological polar surface area (TPSA) is 88.6 Å². The number of carbonyl (C=O) groups is 2. The minimum absolute atomic E-state index is 0. The van der Waals surface area contributed by atoms with Crippen molar-refractivity contribution in [3.05, 3.63) is 53.5 Å². The van der Waals surface area contributed by atoms with Crippen molar-refractivity contribution in [1.82, 2.24) is 4.90 Å². The quantitative estimate of drug-likeness (QED) is 0.854. The van der Waals surface area contributed by atoms with Gasteiger partial charge in [0.25, 0.3) is 11.8 Å². The highest BCUT2D eigenvalue weighted by atomic mass is 35.5. The number of halogens is 1. The second-order valence-corrected chi connectivity index (χ2v) is 6.38. The molecule has 3 rings (SSSR count). The summed E-state index contributed by atoms with van der Waals surface area (Å²) >= 11 is 0. The lowest BCUT2D eigenvalue weighted by molar-refractivity contribution is 0.0635. The van der Waals surface area contributed by atoms with Gasteiger partial charge in [-0.15, -0.1) is 12.4 Å². The zero-order valence-electron chi connectivity index (χ0n) is 14.7. The molecule has 2 heterocycles. The molecule has 0 bridgehead atoms. The van der Waals surface area contributed by atoms with Gasteiger partial charge in [-0.1, -0.05) is 0 Å². The van der Waals surface area contributed by atoms with E-state index in [0.29, 0.717) is 22.6 Å². The Morgan fingerprint density at radius 2 is 1.96 bits per heavy atom. The molecule has 1 aromatic carbocycles. The van der Waals surface area contributed by atoms with Crippen LogP contribution in [0.1, 0.15) is 52.7 Å². The molecule has 1 aliphatic heterocycles. The van der Waals surface area contributed by atoms with Crippen molar-refractivity contribution in [3.8, 4) is 0 Å². The van der Waals surface area contributed by atoms with E-state index in [1.807, 2.05) is 4.90 Å². The maximum Gasteiger partial charge on any atom is 0.258 e. The van der Waals surface area contributed by atoms with Crippen molar-refractivity contribution in [2.24, 2.45) is 5.73 Å². The molecule has 140 valence electrons. The Hall–Kier alpha value is -2.31. The van der Waals surface area contributed by atoms with Crippen LogP contribution in [0.3, 0.4) is 0 Å².